The van der Waals surface area contributed by atoms with Crippen molar-refractivity contribution in [3.8, 4) is 0 Å². The first-order valence-electron chi connectivity index (χ1n) is 9.00. The smallest absolute Gasteiger partial charge is 0.232 e. The van der Waals surface area contributed by atoms with Gasteiger partial charge in [0.25, 0.3) is 0 Å². The van der Waals surface area contributed by atoms with E-state index in [9.17, 15) is 9.59 Å². The van der Waals surface area contributed by atoms with E-state index < -0.39 is 0 Å². The highest BCUT2D eigenvalue weighted by Crippen LogP contribution is 2.31. The minimum Gasteiger partial charge on any atom is -0.381 e. The Hall–Kier alpha value is -1.88. The van der Waals surface area contributed by atoms with Crippen molar-refractivity contribution in [3.63, 3.8) is 0 Å². The van der Waals surface area contributed by atoms with Crippen molar-refractivity contribution in [2.45, 2.75) is 38.1 Å². The molecule has 3 aliphatic rings. The second-order valence-electron chi connectivity index (χ2n) is 7.01. The van der Waals surface area contributed by atoms with Gasteiger partial charge in [-0.1, -0.05) is 18.2 Å². The molecule has 4 rings (SSSR count). The molecule has 0 N–H and O–H groups in total. The Morgan fingerprint density at radius 3 is 2.79 bits per heavy atom. The SMILES string of the molecule is O=C([C@@H]1CC(=O)N(C2CCOCC2)C1)N1CCCc2ccccc21. The number of aryl methyl sites for hydroxylation is 1. The fourth-order valence-electron chi connectivity index (χ4n) is 4.23. The van der Waals surface area contributed by atoms with E-state index in [1.165, 1.54) is 5.56 Å². The lowest BCUT2D eigenvalue weighted by molar-refractivity contribution is -0.131. The fraction of sp³-hybridized carbons (Fsp3) is 0.579. The van der Waals surface area contributed by atoms with Crippen LogP contribution in [0.15, 0.2) is 24.3 Å². The summed E-state index contributed by atoms with van der Waals surface area (Å²) in [4.78, 5) is 29.3. The molecule has 128 valence electrons. The number of carbonyl (C=O) groups excluding carboxylic acids is 2. The Kier molecular flexibility index (Phi) is 4.27. The first-order valence-corrected chi connectivity index (χ1v) is 9.00. The van der Waals surface area contributed by atoms with Gasteiger partial charge in [-0.25, -0.2) is 0 Å². The molecule has 0 unspecified atom stereocenters. The zero-order valence-corrected chi connectivity index (χ0v) is 13.9. The predicted molar refractivity (Wildman–Crippen MR) is 90.8 cm³/mol. The maximum absolute atomic E-state index is 13.1. The Morgan fingerprint density at radius 1 is 1.17 bits per heavy atom. The van der Waals surface area contributed by atoms with E-state index in [4.69, 9.17) is 4.74 Å². The van der Waals surface area contributed by atoms with Crippen molar-refractivity contribution in [2.24, 2.45) is 5.92 Å². The van der Waals surface area contributed by atoms with E-state index in [2.05, 4.69) is 6.07 Å². The molecule has 2 amide bonds. The summed E-state index contributed by atoms with van der Waals surface area (Å²) in [5.74, 6) is 0.0436. The quantitative estimate of drug-likeness (QED) is 0.834. The van der Waals surface area contributed by atoms with E-state index in [0.717, 1.165) is 37.9 Å². The standard InChI is InChI=1S/C19H24N2O3/c22-18-12-15(13-21(18)16-7-10-24-11-8-16)19(23)20-9-3-5-14-4-1-2-6-17(14)20/h1-2,4,6,15-16H,3,5,7-13H2/t15-/m1/s1. The number of rotatable bonds is 2. The van der Waals surface area contributed by atoms with Crippen molar-refractivity contribution in [1.29, 1.82) is 0 Å². The van der Waals surface area contributed by atoms with E-state index in [-0.39, 0.29) is 23.8 Å². The summed E-state index contributed by atoms with van der Waals surface area (Å²) in [7, 11) is 0. The predicted octanol–water partition coefficient (Wildman–Crippen LogP) is 1.99. The number of benzene rings is 1. The molecule has 5 heteroatoms. The van der Waals surface area contributed by atoms with Gasteiger partial charge in [-0.05, 0) is 37.3 Å². The third-order valence-electron chi connectivity index (χ3n) is 5.52. The van der Waals surface area contributed by atoms with Gasteiger partial charge >= 0.3 is 0 Å². The normalized spacial score (nSPS) is 25.0. The molecular weight excluding hydrogens is 304 g/mol. The van der Waals surface area contributed by atoms with Crippen molar-refractivity contribution >= 4 is 17.5 Å². The highest BCUT2D eigenvalue weighted by Gasteiger charge is 2.40. The highest BCUT2D eigenvalue weighted by atomic mass is 16.5. The minimum absolute atomic E-state index is 0.116. The second kappa shape index (κ2) is 6.55. The second-order valence-corrected chi connectivity index (χ2v) is 7.01. The summed E-state index contributed by atoms with van der Waals surface area (Å²) in [5.41, 5.74) is 2.27. The number of anilines is 1. The summed E-state index contributed by atoms with van der Waals surface area (Å²) in [5, 5.41) is 0. The van der Waals surface area contributed by atoms with Gasteiger partial charge in [0.15, 0.2) is 0 Å². The molecule has 0 radical (unpaired) electrons. The van der Waals surface area contributed by atoms with Crippen LogP contribution in [0.3, 0.4) is 0 Å². The number of para-hydroxylation sites is 1. The molecule has 0 spiro atoms. The lowest BCUT2D eigenvalue weighted by Crippen LogP contribution is -2.43. The number of nitrogens with zero attached hydrogens (tertiary/aromatic N) is 2. The molecular formula is C19H24N2O3. The Bertz CT molecular complexity index is 639. The van der Waals surface area contributed by atoms with Gasteiger partial charge in [0.1, 0.15) is 0 Å². The van der Waals surface area contributed by atoms with Gasteiger partial charge in [-0.3, -0.25) is 9.59 Å². The molecule has 2 saturated heterocycles. The van der Waals surface area contributed by atoms with Gasteiger partial charge < -0.3 is 14.5 Å². The molecule has 0 bridgehead atoms. The average molecular weight is 328 g/mol. The number of carbonyl (C=O) groups is 2. The number of fused-ring (bicyclic) bond motifs is 1. The Morgan fingerprint density at radius 2 is 1.96 bits per heavy atom. The third-order valence-corrected chi connectivity index (χ3v) is 5.52. The summed E-state index contributed by atoms with van der Waals surface area (Å²) < 4.78 is 5.39. The van der Waals surface area contributed by atoms with Crippen molar-refractivity contribution < 1.29 is 14.3 Å². The summed E-state index contributed by atoms with van der Waals surface area (Å²) in [6.45, 7) is 2.76. The van der Waals surface area contributed by atoms with E-state index in [1.807, 2.05) is 28.0 Å². The highest BCUT2D eigenvalue weighted by molar-refractivity contribution is 5.99. The lowest BCUT2D eigenvalue weighted by Gasteiger charge is -2.33. The van der Waals surface area contributed by atoms with Gasteiger partial charge in [0.2, 0.25) is 11.8 Å². The van der Waals surface area contributed by atoms with Crippen LogP contribution in [0.1, 0.15) is 31.2 Å². The largest absolute Gasteiger partial charge is 0.381 e. The summed E-state index contributed by atoms with van der Waals surface area (Å²) >= 11 is 0. The van der Waals surface area contributed by atoms with Crippen molar-refractivity contribution in [2.75, 3.05) is 31.2 Å². The number of hydrogen-bond acceptors (Lipinski definition) is 3. The first-order chi connectivity index (χ1) is 11.7. The Balaban J connectivity index is 1.49. The molecule has 0 saturated carbocycles. The maximum Gasteiger partial charge on any atom is 0.232 e. The summed E-state index contributed by atoms with van der Waals surface area (Å²) in [6.07, 6.45) is 4.15. The number of hydrogen-bond donors (Lipinski definition) is 0. The van der Waals surface area contributed by atoms with Crippen LogP contribution in [0.2, 0.25) is 0 Å². The van der Waals surface area contributed by atoms with E-state index in [0.29, 0.717) is 26.2 Å². The first kappa shape index (κ1) is 15.6. The van der Waals surface area contributed by atoms with Gasteiger partial charge in [-0.15, -0.1) is 0 Å². The molecule has 24 heavy (non-hydrogen) atoms. The molecule has 1 aromatic rings. The van der Waals surface area contributed by atoms with Gasteiger partial charge in [-0.2, -0.15) is 0 Å². The van der Waals surface area contributed by atoms with Crippen LogP contribution < -0.4 is 4.90 Å². The zero-order chi connectivity index (χ0) is 16.5. The molecule has 5 nitrogen and oxygen atoms in total. The number of ether oxygens (including phenoxy) is 1. The molecule has 2 fully saturated rings. The van der Waals surface area contributed by atoms with E-state index in [1.54, 1.807) is 0 Å². The maximum atomic E-state index is 13.1. The van der Waals surface area contributed by atoms with Crippen LogP contribution in [0.25, 0.3) is 0 Å². The van der Waals surface area contributed by atoms with Crippen LogP contribution in [-0.2, 0) is 20.7 Å². The van der Waals surface area contributed by atoms with Crippen LogP contribution in [-0.4, -0.2) is 49.1 Å². The molecule has 1 atom stereocenters. The van der Waals surface area contributed by atoms with Crippen LogP contribution in [0.5, 0.6) is 0 Å². The molecule has 0 aliphatic carbocycles. The monoisotopic (exact) mass is 328 g/mol. The van der Waals surface area contributed by atoms with Crippen LogP contribution in [0, 0.1) is 5.92 Å². The van der Waals surface area contributed by atoms with E-state index >= 15 is 0 Å². The average Bonchev–Trinajstić information content (AvgIpc) is 3.03. The number of amides is 2. The van der Waals surface area contributed by atoms with Gasteiger partial charge in [0.05, 0.1) is 5.92 Å². The lowest BCUT2D eigenvalue weighted by atomic mass is 9.99. The minimum atomic E-state index is -0.202. The molecule has 1 aromatic carbocycles. The van der Waals surface area contributed by atoms with Crippen LogP contribution >= 0.6 is 0 Å². The Labute approximate surface area is 142 Å². The van der Waals surface area contributed by atoms with Crippen LogP contribution in [0.4, 0.5) is 5.69 Å². The fourth-order valence-corrected chi connectivity index (χ4v) is 4.23. The van der Waals surface area contributed by atoms with Gasteiger partial charge in [0, 0.05) is 44.5 Å². The van der Waals surface area contributed by atoms with Crippen molar-refractivity contribution in [3.05, 3.63) is 29.8 Å². The van der Waals surface area contributed by atoms with Crippen molar-refractivity contribution in [1.82, 2.24) is 4.90 Å². The summed E-state index contributed by atoms with van der Waals surface area (Å²) in [6, 6.07) is 8.39. The topological polar surface area (TPSA) is 49.9 Å². The zero-order valence-electron chi connectivity index (χ0n) is 13.9. The third kappa shape index (κ3) is 2.81. The molecule has 3 aliphatic heterocycles. The number of likely N-dealkylation sites (tertiary alicyclic amines) is 1. The molecule has 0 aromatic heterocycles. The molecule has 3 heterocycles.